The number of hydrogen-bond acceptors (Lipinski definition) is 2. The minimum Gasteiger partial charge on any atom is -0.462 e. The lowest BCUT2D eigenvalue weighted by molar-refractivity contribution is 0.0498. The molecule has 0 bridgehead atoms. The lowest BCUT2D eigenvalue weighted by atomic mass is 10.2. The smallest absolute Gasteiger partial charge is 0.338 e. The summed E-state index contributed by atoms with van der Waals surface area (Å²) in [4.78, 5) is 12.0. The van der Waals surface area contributed by atoms with Gasteiger partial charge in [-0.2, -0.15) is 0 Å². The van der Waals surface area contributed by atoms with Crippen LogP contribution in [-0.2, 0) is 4.74 Å². The minimum absolute atomic E-state index is 0.299. The van der Waals surface area contributed by atoms with Crippen LogP contribution in [0.4, 0.5) is 0 Å². The molecule has 0 aliphatic rings. The third-order valence-corrected chi connectivity index (χ3v) is 4.83. The molecule has 0 aromatic heterocycles. The lowest BCUT2D eigenvalue weighted by Gasteiger charge is -2.07. The summed E-state index contributed by atoms with van der Waals surface area (Å²) in [6, 6.07) is 6.68. The van der Waals surface area contributed by atoms with Gasteiger partial charge < -0.3 is 4.74 Å². The summed E-state index contributed by atoms with van der Waals surface area (Å²) < 4.78 is 5.14. The molecule has 94 valence electrons. The first-order chi connectivity index (χ1) is 8.13. The van der Waals surface area contributed by atoms with Crippen molar-refractivity contribution in [2.24, 2.45) is 0 Å². The monoisotopic (exact) mass is 382 g/mol. The Balaban J connectivity index is 2.28. The van der Waals surface area contributed by atoms with Crippen LogP contribution in [0.2, 0.25) is 5.02 Å². The summed E-state index contributed by atoms with van der Waals surface area (Å²) in [6.07, 6.45) is 1.82. The molecule has 0 radical (unpaired) electrons. The molecule has 1 aromatic rings. The molecule has 0 saturated carbocycles. The Morgan fingerprint density at radius 1 is 1.35 bits per heavy atom. The third-order valence-electron chi connectivity index (χ3n) is 2.14. The van der Waals surface area contributed by atoms with E-state index in [-0.39, 0.29) is 5.97 Å². The van der Waals surface area contributed by atoms with Crippen molar-refractivity contribution in [1.29, 1.82) is 0 Å². The first-order valence-corrected chi connectivity index (χ1v) is 7.67. The fraction of sp³-hybridized carbons (Fsp3) is 0.417. The summed E-state index contributed by atoms with van der Waals surface area (Å²) in [6.45, 7) is 0.441. The van der Waals surface area contributed by atoms with E-state index in [2.05, 4.69) is 31.9 Å². The first kappa shape index (κ1) is 15.0. The van der Waals surface area contributed by atoms with Crippen molar-refractivity contribution in [2.75, 3.05) is 11.9 Å². The van der Waals surface area contributed by atoms with Gasteiger partial charge in [-0.05, 0) is 37.1 Å². The number of hydrogen-bond donors (Lipinski definition) is 0. The number of benzene rings is 1. The van der Waals surface area contributed by atoms with Crippen LogP contribution in [0.25, 0.3) is 0 Å². The van der Waals surface area contributed by atoms with E-state index in [0.717, 1.165) is 18.2 Å². The van der Waals surface area contributed by atoms with Crippen LogP contribution in [0.3, 0.4) is 0 Å². The molecule has 0 N–H and O–H groups in total. The van der Waals surface area contributed by atoms with Gasteiger partial charge in [0, 0.05) is 15.2 Å². The highest BCUT2D eigenvalue weighted by Gasteiger charge is 2.07. The van der Waals surface area contributed by atoms with E-state index in [4.69, 9.17) is 16.3 Å². The van der Waals surface area contributed by atoms with E-state index < -0.39 is 0 Å². The van der Waals surface area contributed by atoms with Crippen LogP contribution in [0.15, 0.2) is 24.3 Å². The number of carbonyl (C=O) groups excluding carboxylic acids is 1. The van der Waals surface area contributed by atoms with E-state index in [0.29, 0.717) is 22.0 Å². The zero-order valence-corrected chi connectivity index (χ0v) is 13.1. The Morgan fingerprint density at radius 3 is 2.59 bits per heavy atom. The zero-order chi connectivity index (χ0) is 12.7. The number of rotatable bonds is 6. The van der Waals surface area contributed by atoms with E-state index in [1.807, 2.05) is 0 Å². The van der Waals surface area contributed by atoms with Gasteiger partial charge in [-0.1, -0.05) is 43.5 Å². The van der Waals surface area contributed by atoms with E-state index in [1.165, 1.54) is 0 Å². The topological polar surface area (TPSA) is 26.3 Å². The molecule has 17 heavy (non-hydrogen) atoms. The molecule has 0 aliphatic carbocycles. The van der Waals surface area contributed by atoms with Crippen molar-refractivity contribution in [3.63, 3.8) is 0 Å². The average molecular weight is 384 g/mol. The standard InChI is InChI=1S/C12H13Br2ClO2/c13-8-10(14)2-1-7-17-12(16)9-3-5-11(15)6-4-9/h3-6,10H,1-2,7-8H2. The molecule has 1 aromatic carbocycles. The summed E-state index contributed by atoms with van der Waals surface area (Å²) in [7, 11) is 0. The van der Waals surface area contributed by atoms with Crippen molar-refractivity contribution >= 4 is 49.4 Å². The predicted molar refractivity (Wildman–Crippen MR) is 77.5 cm³/mol. The van der Waals surface area contributed by atoms with E-state index in [9.17, 15) is 4.79 Å². The summed E-state index contributed by atoms with van der Waals surface area (Å²) in [5.41, 5.74) is 0.533. The Kier molecular flexibility index (Phi) is 7.16. The molecule has 0 fully saturated rings. The van der Waals surface area contributed by atoms with Crippen LogP contribution in [0.1, 0.15) is 23.2 Å². The molecule has 0 amide bonds. The van der Waals surface area contributed by atoms with Gasteiger partial charge in [-0.25, -0.2) is 4.79 Å². The number of esters is 1. The molecule has 0 aliphatic heterocycles. The molecule has 1 unspecified atom stereocenters. The second-order valence-electron chi connectivity index (χ2n) is 3.54. The zero-order valence-electron chi connectivity index (χ0n) is 9.17. The highest BCUT2D eigenvalue weighted by molar-refractivity contribution is 9.12. The largest absolute Gasteiger partial charge is 0.462 e. The predicted octanol–water partition coefficient (Wildman–Crippen LogP) is 4.44. The molecule has 1 rings (SSSR count). The summed E-state index contributed by atoms with van der Waals surface area (Å²) in [5.74, 6) is -0.299. The van der Waals surface area contributed by atoms with Crippen LogP contribution in [-0.4, -0.2) is 22.7 Å². The van der Waals surface area contributed by atoms with Crippen LogP contribution < -0.4 is 0 Å². The Hall–Kier alpha value is -0.0600. The van der Waals surface area contributed by atoms with Crippen molar-refractivity contribution in [1.82, 2.24) is 0 Å². The van der Waals surface area contributed by atoms with Gasteiger partial charge in [0.25, 0.3) is 0 Å². The lowest BCUT2D eigenvalue weighted by Crippen LogP contribution is -2.08. The molecule has 0 spiro atoms. The van der Waals surface area contributed by atoms with Crippen molar-refractivity contribution in [2.45, 2.75) is 17.7 Å². The van der Waals surface area contributed by atoms with Crippen molar-refractivity contribution in [3.8, 4) is 0 Å². The van der Waals surface area contributed by atoms with Gasteiger partial charge in [0.1, 0.15) is 0 Å². The van der Waals surface area contributed by atoms with Crippen molar-refractivity contribution < 1.29 is 9.53 Å². The van der Waals surface area contributed by atoms with Gasteiger partial charge >= 0.3 is 5.97 Å². The Bertz CT molecular complexity index is 354. The van der Waals surface area contributed by atoms with Gasteiger partial charge in [0.15, 0.2) is 0 Å². The molecule has 0 saturated heterocycles. The Morgan fingerprint density at radius 2 is 2.00 bits per heavy atom. The maximum atomic E-state index is 11.6. The van der Waals surface area contributed by atoms with Gasteiger partial charge in [-0.3, -0.25) is 0 Å². The van der Waals surface area contributed by atoms with Gasteiger partial charge in [0.05, 0.1) is 12.2 Å². The minimum atomic E-state index is -0.299. The molecule has 5 heteroatoms. The SMILES string of the molecule is O=C(OCCCC(Br)CBr)c1ccc(Cl)cc1. The second kappa shape index (κ2) is 8.11. The molecular formula is C12H13Br2ClO2. The van der Waals surface area contributed by atoms with E-state index >= 15 is 0 Å². The van der Waals surface area contributed by atoms with E-state index in [1.54, 1.807) is 24.3 Å². The first-order valence-electron chi connectivity index (χ1n) is 5.26. The maximum Gasteiger partial charge on any atom is 0.338 e. The summed E-state index contributed by atoms with van der Waals surface area (Å²) >= 11 is 12.6. The molecular weight excluding hydrogens is 371 g/mol. The average Bonchev–Trinajstić information content (AvgIpc) is 2.34. The highest BCUT2D eigenvalue weighted by Crippen LogP contribution is 2.12. The fourth-order valence-electron chi connectivity index (χ4n) is 1.22. The second-order valence-corrected chi connectivity index (χ2v) is 5.92. The molecule has 0 heterocycles. The molecule has 1 atom stereocenters. The third kappa shape index (κ3) is 5.89. The quantitative estimate of drug-likeness (QED) is 0.412. The van der Waals surface area contributed by atoms with Crippen molar-refractivity contribution in [3.05, 3.63) is 34.9 Å². The van der Waals surface area contributed by atoms with Gasteiger partial charge in [-0.15, -0.1) is 0 Å². The normalized spacial score (nSPS) is 12.2. The number of halogens is 3. The maximum absolute atomic E-state index is 11.6. The van der Waals surface area contributed by atoms with Crippen LogP contribution in [0, 0.1) is 0 Å². The van der Waals surface area contributed by atoms with Crippen LogP contribution in [0.5, 0.6) is 0 Å². The Labute approximate surface area is 123 Å². The van der Waals surface area contributed by atoms with Gasteiger partial charge in [0.2, 0.25) is 0 Å². The number of alkyl halides is 2. The van der Waals surface area contributed by atoms with Crippen LogP contribution >= 0.6 is 43.5 Å². The molecule has 2 nitrogen and oxygen atoms in total. The summed E-state index contributed by atoms with van der Waals surface area (Å²) in [5, 5.41) is 1.51. The highest BCUT2D eigenvalue weighted by atomic mass is 79.9. The fourth-order valence-corrected chi connectivity index (χ4v) is 1.99. The number of carbonyl (C=O) groups is 1. The number of ether oxygens (including phenoxy) is 1.